The van der Waals surface area contributed by atoms with Gasteiger partial charge < -0.3 is 15.2 Å². The number of methoxy groups -OCH3 is 1. The monoisotopic (exact) mass is 263 g/mol. The van der Waals surface area contributed by atoms with Gasteiger partial charge in [0.25, 0.3) is 0 Å². The van der Waals surface area contributed by atoms with E-state index in [9.17, 15) is 4.79 Å². The Balaban J connectivity index is 2.17. The summed E-state index contributed by atoms with van der Waals surface area (Å²) >= 11 is 0. The van der Waals surface area contributed by atoms with E-state index in [0.717, 1.165) is 12.8 Å². The first-order valence-corrected chi connectivity index (χ1v) is 6.82. The predicted molar refractivity (Wildman–Crippen MR) is 73.9 cm³/mol. The van der Waals surface area contributed by atoms with E-state index in [1.54, 1.807) is 25.3 Å². The molecule has 0 amide bonds. The van der Waals surface area contributed by atoms with Crippen molar-refractivity contribution < 1.29 is 14.3 Å². The zero-order valence-corrected chi connectivity index (χ0v) is 11.4. The van der Waals surface area contributed by atoms with Crippen LogP contribution in [0.3, 0.4) is 0 Å². The molecular formula is C15H21NO3. The molecule has 1 aliphatic carbocycles. The largest absolute Gasteiger partial charge is 0.493 e. The topological polar surface area (TPSA) is 61.5 Å². The highest BCUT2D eigenvalue weighted by Crippen LogP contribution is 2.32. The molecule has 0 saturated heterocycles. The van der Waals surface area contributed by atoms with Crippen LogP contribution in [0.25, 0.3) is 0 Å². The fourth-order valence-corrected chi connectivity index (χ4v) is 2.40. The lowest BCUT2D eigenvalue weighted by Crippen LogP contribution is -2.13. The fraction of sp³-hybridized carbons (Fsp3) is 0.533. The molecule has 0 bridgehead atoms. The van der Waals surface area contributed by atoms with Gasteiger partial charge in [-0.15, -0.1) is 0 Å². The lowest BCUT2D eigenvalue weighted by atomic mass is 10.1. The average Bonchev–Trinajstić information content (AvgIpc) is 2.92. The van der Waals surface area contributed by atoms with E-state index < -0.39 is 0 Å². The third-order valence-corrected chi connectivity index (χ3v) is 3.45. The smallest absolute Gasteiger partial charge is 0.164 e. The highest BCUT2D eigenvalue weighted by molar-refractivity contribution is 5.96. The summed E-state index contributed by atoms with van der Waals surface area (Å²) in [6.07, 6.45) is 5.16. The van der Waals surface area contributed by atoms with E-state index in [-0.39, 0.29) is 11.9 Å². The molecule has 4 nitrogen and oxygen atoms in total. The van der Waals surface area contributed by atoms with E-state index >= 15 is 0 Å². The molecule has 1 aromatic rings. The van der Waals surface area contributed by atoms with Gasteiger partial charge in [0.2, 0.25) is 0 Å². The second kappa shape index (κ2) is 6.57. The summed E-state index contributed by atoms with van der Waals surface area (Å²) in [6.45, 7) is 0.365. The van der Waals surface area contributed by atoms with Crippen LogP contribution in [0.15, 0.2) is 18.2 Å². The molecule has 2 rings (SSSR count). The molecule has 104 valence electrons. The van der Waals surface area contributed by atoms with Gasteiger partial charge in [-0.2, -0.15) is 0 Å². The molecule has 4 heteroatoms. The zero-order chi connectivity index (χ0) is 13.7. The SMILES string of the molecule is COc1ccc(C(=O)CCN)cc1OC1CCCC1. The van der Waals surface area contributed by atoms with Crippen LogP contribution in [0.1, 0.15) is 42.5 Å². The van der Waals surface area contributed by atoms with Gasteiger partial charge in [-0.1, -0.05) is 0 Å². The Morgan fingerprint density at radius 1 is 1.32 bits per heavy atom. The van der Waals surface area contributed by atoms with Crippen molar-refractivity contribution in [2.24, 2.45) is 5.73 Å². The number of carbonyl (C=O) groups is 1. The molecule has 0 aliphatic heterocycles. The van der Waals surface area contributed by atoms with Crippen LogP contribution in [-0.2, 0) is 0 Å². The molecule has 0 unspecified atom stereocenters. The minimum Gasteiger partial charge on any atom is -0.493 e. The molecule has 2 N–H and O–H groups in total. The summed E-state index contributed by atoms with van der Waals surface area (Å²) < 4.78 is 11.2. The molecule has 1 saturated carbocycles. The second-order valence-electron chi connectivity index (χ2n) is 4.85. The summed E-state index contributed by atoms with van der Waals surface area (Å²) in [5.74, 6) is 1.38. The zero-order valence-electron chi connectivity index (χ0n) is 11.4. The molecule has 0 aromatic heterocycles. The van der Waals surface area contributed by atoms with Crippen molar-refractivity contribution in [1.29, 1.82) is 0 Å². The number of ketones is 1. The Morgan fingerprint density at radius 3 is 2.68 bits per heavy atom. The normalized spacial score (nSPS) is 15.5. The van der Waals surface area contributed by atoms with Crippen molar-refractivity contribution in [3.63, 3.8) is 0 Å². The highest BCUT2D eigenvalue weighted by atomic mass is 16.5. The molecule has 0 spiro atoms. The summed E-state index contributed by atoms with van der Waals surface area (Å²) in [4.78, 5) is 11.9. The van der Waals surface area contributed by atoms with Gasteiger partial charge in [-0.05, 0) is 50.4 Å². The summed E-state index contributed by atoms with van der Waals surface area (Å²) in [6, 6.07) is 5.32. The van der Waals surface area contributed by atoms with E-state index in [0.29, 0.717) is 30.0 Å². The Hall–Kier alpha value is -1.55. The Bertz CT molecular complexity index is 439. The van der Waals surface area contributed by atoms with Crippen molar-refractivity contribution >= 4 is 5.78 Å². The Kier molecular flexibility index (Phi) is 4.80. The fourth-order valence-electron chi connectivity index (χ4n) is 2.40. The van der Waals surface area contributed by atoms with Gasteiger partial charge in [-0.3, -0.25) is 4.79 Å². The molecule has 0 heterocycles. The van der Waals surface area contributed by atoms with Crippen LogP contribution in [0.4, 0.5) is 0 Å². The van der Waals surface area contributed by atoms with Crippen LogP contribution in [0.2, 0.25) is 0 Å². The molecule has 19 heavy (non-hydrogen) atoms. The van der Waals surface area contributed by atoms with Crippen LogP contribution in [0, 0.1) is 0 Å². The molecular weight excluding hydrogens is 242 g/mol. The number of carbonyl (C=O) groups excluding carboxylic acids is 1. The molecule has 0 radical (unpaired) electrons. The van der Waals surface area contributed by atoms with Crippen molar-refractivity contribution in [3.05, 3.63) is 23.8 Å². The second-order valence-corrected chi connectivity index (χ2v) is 4.85. The number of hydrogen-bond donors (Lipinski definition) is 1. The predicted octanol–water partition coefficient (Wildman–Crippen LogP) is 2.55. The molecule has 1 fully saturated rings. The maximum atomic E-state index is 11.9. The van der Waals surface area contributed by atoms with Gasteiger partial charge in [0, 0.05) is 12.0 Å². The molecule has 1 aromatic carbocycles. The van der Waals surface area contributed by atoms with Crippen molar-refractivity contribution in [2.75, 3.05) is 13.7 Å². The minimum atomic E-state index is 0.0430. The lowest BCUT2D eigenvalue weighted by molar-refractivity contribution is 0.0984. The number of hydrogen-bond acceptors (Lipinski definition) is 4. The Morgan fingerprint density at radius 2 is 2.05 bits per heavy atom. The highest BCUT2D eigenvalue weighted by Gasteiger charge is 2.19. The average molecular weight is 263 g/mol. The molecule has 0 atom stereocenters. The van der Waals surface area contributed by atoms with E-state index in [1.807, 2.05) is 0 Å². The van der Waals surface area contributed by atoms with Gasteiger partial charge in [-0.25, -0.2) is 0 Å². The number of benzene rings is 1. The first-order valence-electron chi connectivity index (χ1n) is 6.82. The summed E-state index contributed by atoms with van der Waals surface area (Å²) in [5, 5.41) is 0. The van der Waals surface area contributed by atoms with E-state index in [1.165, 1.54) is 12.8 Å². The quantitative estimate of drug-likeness (QED) is 0.801. The third-order valence-electron chi connectivity index (χ3n) is 3.45. The maximum Gasteiger partial charge on any atom is 0.164 e. The van der Waals surface area contributed by atoms with Crippen LogP contribution in [-0.4, -0.2) is 25.5 Å². The van der Waals surface area contributed by atoms with E-state index in [4.69, 9.17) is 15.2 Å². The van der Waals surface area contributed by atoms with E-state index in [2.05, 4.69) is 0 Å². The van der Waals surface area contributed by atoms with Crippen LogP contribution < -0.4 is 15.2 Å². The van der Waals surface area contributed by atoms with Crippen molar-refractivity contribution in [2.45, 2.75) is 38.2 Å². The minimum absolute atomic E-state index is 0.0430. The summed E-state index contributed by atoms with van der Waals surface area (Å²) in [7, 11) is 1.61. The lowest BCUT2D eigenvalue weighted by Gasteiger charge is -2.16. The van der Waals surface area contributed by atoms with Gasteiger partial charge >= 0.3 is 0 Å². The van der Waals surface area contributed by atoms with Crippen LogP contribution in [0.5, 0.6) is 11.5 Å². The van der Waals surface area contributed by atoms with Crippen molar-refractivity contribution in [1.82, 2.24) is 0 Å². The third kappa shape index (κ3) is 3.47. The number of Topliss-reactive ketones (excluding diaryl/α,β-unsaturated/α-hetero) is 1. The van der Waals surface area contributed by atoms with Crippen molar-refractivity contribution in [3.8, 4) is 11.5 Å². The first kappa shape index (κ1) is 13.9. The number of nitrogens with two attached hydrogens (primary N) is 1. The summed E-state index contributed by atoms with van der Waals surface area (Å²) in [5.41, 5.74) is 6.05. The molecule has 1 aliphatic rings. The number of ether oxygens (including phenoxy) is 2. The first-order chi connectivity index (χ1) is 9.24. The van der Waals surface area contributed by atoms with Gasteiger partial charge in [0.05, 0.1) is 13.2 Å². The maximum absolute atomic E-state index is 11.9. The number of rotatable bonds is 6. The van der Waals surface area contributed by atoms with Gasteiger partial charge in [0.15, 0.2) is 17.3 Å². The standard InChI is InChI=1S/C15H21NO3/c1-18-14-7-6-11(13(17)8-9-16)10-15(14)19-12-4-2-3-5-12/h6-7,10,12H,2-5,8-9,16H2,1H3. The van der Waals surface area contributed by atoms with Gasteiger partial charge in [0.1, 0.15) is 0 Å². The Labute approximate surface area is 113 Å². The van der Waals surface area contributed by atoms with Crippen LogP contribution >= 0.6 is 0 Å².